The fourth-order valence-corrected chi connectivity index (χ4v) is 2.80. The Bertz CT molecular complexity index is 988. The molecule has 0 saturated heterocycles. The first kappa shape index (κ1) is 17.5. The largest absolute Gasteiger partial charge is 0.0758 e. The maximum absolute atomic E-state index is 3.40. The maximum Gasteiger partial charge on any atom is 0.0399 e. The van der Waals surface area contributed by atoms with E-state index in [4.69, 9.17) is 0 Å². The summed E-state index contributed by atoms with van der Waals surface area (Å²) in [6.07, 6.45) is 4.17. The van der Waals surface area contributed by atoms with E-state index in [0.717, 1.165) is 22.3 Å². The smallest absolute Gasteiger partial charge is 0.0399 e. The van der Waals surface area contributed by atoms with Gasteiger partial charge in [-0.05, 0) is 42.2 Å². The second kappa shape index (κ2) is 8.70. The molecule has 0 heteroatoms. The molecule has 3 rings (SSSR count). The third kappa shape index (κ3) is 4.62. The summed E-state index contributed by atoms with van der Waals surface area (Å²) in [5.74, 6) is 0. The van der Waals surface area contributed by atoms with Gasteiger partial charge in [-0.15, -0.1) is 0 Å². The molecule has 0 bridgehead atoms. The molecule has 0 spiro atoms. The first-order valence-corrected chi connectivity index (χ1v) is 8.80. The summed E-state index contributed by atoms with van der Waals surface area (Å²) in [6, 6.07) is 29.0. The lowest BCUT2D eigenvalue weighted by Gasteiger charge is -2.09. The molecule has 0 aromatic heterocycles. The van der Waals surface area contributed by atoms with Crippen molar-refractivity contribution >= 4 is 17.7 Å². The van der Waals surface area contributed by atoms with Gasteiger partial charge in [-0.1, -0.05) is 108 Å². The zero-order valence-electron chi connectivity index (χ0n) is 15.2. The molecule has 0 fully saturated rings. The van der Waals surface area contributed by atoms with Crippen molar-refractivity contribution in [3.8, 4) is 0 Å². The molecule has 0 atom stereocenters. The summed E-state index contributed by atoms with van der Waals surface area (Å²) in [5.41, 5.74) is 13.6. The molecule has 126 valence electrons. The average molecular weight is 334 g/mol. The minimum Gasteiger partial charge on any atom is -0.0758 e. The summed E-state index contributed by atoms with van der Waals surface area (Å²) >= 11 is 0. The molecule has 0 aliphatic carbocycles. The number of benzene rings is 3. The first-order valence-electron chi connectivity index (χ1n) is 8.80. The highest BCUT2D eigenvalue weighted by molar-refractivity contribution is 5.84. The standard InChI is InChI=1S/C26H22/c1-21(2)20-24-17-9-10-18-26(24)25(23-15-7-4-8-16-23)19-11-14-22-12-5-3-6-13-22/h3-10,12-18,20H,1-2H3. The normalized spacial score (nSPS) is 9.62. The Labute approximate surface area is 156 Å². The van der Waals surface area contributed by atoms with E-state index in [1.807, 2.05) is 30.3 Å². The van der Waals surface area contributed by atoms with Crippen LogP contribution in [0.4, 0.5) is 0 Å². The van der Waals surface area contributed by atoms with Gasteiger partial charge in [-0.25, -0.2) is 0 Å². The van der Waals surface area contributed by atoms with E-state index < -0.39 is 0 Å². The van der Waals surface area contributed by atoms with Crippen LogP contribution in [0.2, 0.25) is 0 Å². The summed E-state index contributed by atoms with van der Waals surface area (Å²) in [5, 5.41) is 0. The lowest BCUT2D eigenvalue weighted by molar-refractivity contribution is 1.41. The summed E-state index contributed by atoms with van der Waals surface area (Å²) < 4.78 is 0. The third-order valence-corrected chi connectivity index (χ3v) is 3.97. The molecule has 26 heavy (non-hydrogen) atoms. The minimum absolute atomic E-state index is 1.05. The van der Waals surface area contributed by atoms with Crippen molar-refractivity contribution in [1.29, 1.82) is 0 Å². The van der Waals surface area contributed by atoms with Gasteiger partial charge in [0, 0.05) is 5.57 Å². The SMILES string of the molecule is CC(C)=Cc1ccccc1C(=C=C=Cc1ccccc1)c1ccccc1. The molecule has 0 amide bonds. The van der Waals surface area contributed by atoms with Crippen molar-refractivity contribution in [2.24, 2.45) is 0 Å². The summed E-state index contributed by atoms with van der Waals surface area (Å²) in [4.78, 5) is 0. The van der Waals surface area contributed by atoms with Crippen molar-refractivity contribution in [1.82, 2.24) is 0 Å². The molecule has 0 radical (unpaired) electrons. The van der Waals surface area contributed by atoms with Crippen LogP contribution in [0, 0.1) is 0 Å². The topological polar surface area (TPSA) is 0 Å². The molecule has 3 aromatic rings. The minimum atomic E-state index is 1.05. The van der Waals surface area contributed by atoms with E-state index >= 15 is 0 Å². The Morgan fingerprint density at radius 2 is 1.35 bits per heavy atom. The Hall–Kier alpha value is -3.30. The van der Waals surface area contributed by atoms with E-state index in [-0.39, 0.29) is 0 Å². The molecule has 0 nitrogen and oxygen atoms in total. The number of hydrogen-bond donors (Lipinski definition) is 0. The Balaban J connectivity index is 2.20. The van der Waals surface area contributed by atoms with Crippen LogP contribution in [0.3, 0.4) is 0 Å². The predicted molar refractivity (Wildman–Crippen MR) is 113 cm³/mol. The van der Waals surface area contributed by atoms with Crippen LogP contribution < -0.4 is 0 Å². The lowest BCUT2D eigenvalue weighted by Crippen LogP contribution is -1.90. The van der Waals surface area contributed by atoms with E-state index in [2.05, 4.69) is 92.0 Å². The van der Waals surface area contributed by atoms with Crippen molar-refractivity contribution in [3.05, 3.63) is 124 Å². The summed E-state index contributed by atoms with van der Waals surface area (Å²) in [6.45, 7) is 4.24. The molecule has 0 heterocycles. The number of hydrogen-bond acceptors (Lipinski definition) is 0. The van der Waals surface area contributed by atoms with Gasteiger partial charge in [-0.2, -0.15) is 0 Å². The van der Waals surface area contributed by atoms with Crippen molar-refractivity contribution in [2.45, 2.75) is 13.8 Å². The monoisotopic (exact) mass is 334 g/mol. The van der Waals surface area contributed by atoms with Gasteiger partial charge in [-0.3, -0.25) is 0 Å². The van der Waals surface area contributed by atoms with Crippen molar-refractivity contribution < 1.29 is 0 Å². The fraction of sp³-hybridized carbons (Fsp3) is 0.0769. The van der Waals surface area contributed by atoms with Crippen LogP contribution in [0.25, 0.3) is 17.7 Å². The van der Waals surface area contributed by atoms with Crippen LogP contribution in [-0.2, 0) is 0 Å². The van der Waals surface area contributed by atoms with Gasteiger partial charge in [0.1, 0.15) is 0 Å². The van der Waals surface area contributed by atoms with Crippen LogP contribution in [0.1, 0.15) is 36.1 Å². The zero-order chi connectivity index (χ0) is 18.2. The number of rotatable bonds is 4. The lowest BCUT2D eigenvalue weighted by atomic mass is 9.94. The Morgan fingerprint density at radius 3 is 2.04 bits per heavy atom. The highest BCUT2D eigenvalue weighted by Gasteiger charge is 2.07. The Morgan fingerprint density at radius 1 is 0.731 bits per heavy atom. The molecular formula is C26H22. The molecule has 0 aliphatic rings. The van der Waals surface area contributed by atoms with Gasteiger partial charge in [0.05, 0.1) is 0 Å². The van der Waals surface area contributed by atoms with E-state index in [1.54, 1.807) is 0 Å². The molecule has 3 aromatic carbocycles. The van der Waals surface area contributed by atoms with Gasteiger partial charge in [0.25, 0.3) is 0 Å². The van der Waals surface area contributed by atoms with E-state index in [9.17, 15) is 0 Å². The van der Waals surface area contributed by atoms with Crippen LogP contribution in [0.15, 0.2) is 102 Å². The third-order valence-electron chi connectivity index (χ3n) is 3.97. The molecule has 0 N–H and O–H groups in total. The van der Waals surface area contributed by atoms with Crippen LogP contribution >= 0.6 is 0 Å². The van der Waals surface area contributed by atoms with E-state index in [1.165, 1.54) is 11.1 Å². The van der Waals surface area contributed by atoms with Gasteiger partial charge in [0.15, 0.2) is 0 Å². The summed E-state index contributed by atoms with van der Waals surface area (Å²) in [7, 11) is 0. The first-order chi connectivity index (χ1) is 12.7. The van der Waals surface area contributed by atoms with E-state index in [0.29, 0.717) is 0 Å². The van der Waals surface area contributed by atoms with Crippen molar-refractivity contribution in [3.63, 3.8) is 0 Å². The van der Waals surface area contributed by atoms with Crippen LogP contribution in [-0.4, -0.2) is 0 Å². The zero-order valence-corrected chi connectivity index (χ0v) is 15.2. The highest BCUT2D eigenvalue weighted by Crippen LogP contribution is 2.26. The van der Waals surface area contributed by atoms with Gasteiger partial charge >= 0.3 is 0 Å². The quantitative estimate of drug-likeness (QED) is 0.450. The molecule has 0 saturated carbocycles. The predicted octanol–water partition coefficient (Wildman–Crippen LogP) is 7.01. The second-order valence-electron chi connectivity index (χ2n) is 6.37. The molecule has 0 aliphatic heterocycles. The second-order valence-corrected chi connectivity index (χ2v) is 6.37. The molecular weight excluding hydrogens is 312 g/mol. The molecule has 0 unspecified atom stereocenters. The highest BCUT2D eigenvalue weighted by atomic mass is 14.1. The van der Waals surface area contributed by atoms with Gasteiger partial charge in [0.2, 0.25) is 0 Å². The maximum atomic E-state index is 3.40. The Kier molecular flexibility index (Phi) is 5.86. The average Bonchev–Trinajstić information content (AvgIpc) is 2.67. The van der Waals surface area contributed by atoms with Crippen molar-refractivity contribution in [2.75, 3.05) is 0 Å². The van der Waals surface area contributed by atoms with Gasteiger partial charge < -0.3 is 0 Å². The van der Waals surface area contributed by atoms with Crippen LogP contribution in [0.5, 0.6) is 0 Å². The fourth-order valence-electron chi connectivity index (χ4n) is 2.80. The number of allylic oxidation sites excluding steroid dienone is 1.